The van der Waals surface area contributed by atoms with E-state index in [0.29, 0.717) is 12.5 Å². The minimum atomic E-state index is -0.123. The standard InChI is InChI=1S/C10H10O4S/c11-9-2-1-7(4-10(9)12)3-8-5-13-14-6-15-8/h1-4,11-12H,5-6H2/b8-3-. The van der Waals surface area contributed by atoms with Gasteiger partial charge in [-0.1, -0.05) is 17.8 Å². The van der Waals surface area contributed by atoms with Gasteiger partial charge in [-0.2, -0.15) is 0 Å². The molecule has 0 saturated carbocycles. The second kappa shape index (κ2) is 4.57. The largest absolute Gasteiger partial charge is 0.504 e. The Morgan fingerprint density at radius 3 is 2.73 bits per heavy atom. The van der Waals surface area contributed by atoms with Gasteiger partial charge in [-0.05, 0) is 23.8 Å². The normalized spacial score (nSPS) is 19.3. The van der Waals surface area contributed by atoms with Crippen LogP contribution in [0.3, 0.4) is 0 Å². The number of hydrogen-bond donors (Lipinski definition) is 2. The molecule has 15 heavy (non-hydrogen) atoms. The maximum Gasteiger partial charge on any atom is 0.157 e. The van der Waals surface area contributed by atoms with E-state index in [-0.39, 0.29) is 11.5 Å². The van der Waals surface area contributed by atoms with Crippen molar-refractivity contribution in [1.82, 2.24) is 0 Å². The summed E-state index contributed by atoms with van der Waals surface area (Å²) in [5, 5.41) is 18.4. The van der Waals surface area contributed by atoms with Crippen LogP contribution in [0.5, 0.6) is 11.5 Å². The molecule has 0 atom stereocenters. The van der Waals surface area contributed by atoms with Crippen LogP contribution in [0, 0.1) is 0 Å². The molecule has 80 valence electrons. The summed E-state index contributed by atoms with van der Waals surface area (Å²) in [7, 11) is 0. The second-order valence-corrected chi connectivity index (χ2v) is 4.05. The van der Waals surface area contributed by atoms with E-state index in [4.69, 9.17) is 14.9 Å². The first-order chi connectivity index (χ1) is 7.25. The average molecular weight is 226 g/mol. The fourth-order valence-corrected chi connectivity index (χ4v) is 1.79. The lowest BCUT2D eigenvalue weighted by atomic mass is 10.2. The summed E-state index contributed by atoms with van der Waals surface area (Å²) in [5.74, 6) is 0.228. The molecule has 1 aliphatic rings. The van der Waals surface area contributed by atoms with Gasteiger partial charge in [0.1, 0.15) is 12.5 Å². The fraction of sp³-hybridized carbons (Fsp3) is 0.200. The van der Waals surface area contributed by atoms with Crippen molar-refractivity contribution >= 4 is 17.8 Å². The van der Waals surface area contributed by atoms with E-state index in [9.17, 15) is 5.11 Å². The number of phenolic OH excluding ortho intramolecular Hbond substituents is 2. The van der Waals surface area contributed by atoms with Gasteiger partial charge in [0.2, 0.25) is 0 Å². The van der Waals surface area contributed by atoms with Crippen LogP contribution in [0.4, 0.5) is 0 Å². The molecule has 1 aromatic carbocycles. The predicted octanol–water partition coefficient (Wildman–Crippen LogP) is 2.09. The molecule has 1 fully saturated rings. The van der Waals surface area contributed by atoms with E-state index in [0.717, 1.165) is 10.5 Å². The Labute approximate surface area is 91.1 Å². The lowest BCUT2D eigenvalue weighted by molar-refractivity contribution is -0.274. The van der Waals surface area contributed by atoms with Crippen LogP contribution < -0.4 is 0 Å². The van der Waals surface area contributed by atoms with Gasteiger partial charge in [-0.15, -0.1) is 0 Å². The Kier molecular flexibility index (Phi) is 3.15. The molecule has 5 heteroatoms. The summed E-state index contributed by atoms with van der Waals surface area (Å²) in [4.78, 5) is 10.5. The Bertz CT molecular complexity index is 381. The van der Waals surface area contributed by atoms with Gasteiger partial charge < -0.3 is 10.2 Å². The van der Waals surface area contributed by atoms with Crippen molar-refractivity contribution in [2.24, 2.45) is 0 Å². The summed E-state index contributed by atoms with van der Waals surface area (Å²) < 4.78 is 0. The molecule has 0 spiro atoms. The zero-order valence-electron chi connectivity index (χ0n) is 7.84. The molecular weight excluding hydrogens is 216 g/mol. The highest BCUT2D eigenvalue weighted by Crippen LogP contribution is 2.28. The van der Waals surface area contributed by atoms with Gasteiger partial charge in [0.15, 0.2) is 11.5 Å². The molecule has 2 rings (SSSR count). The lowest BCUT2D eigenvalue weighted by Gasteiger charge is -2.13. The summed E-state index contributed by atoms with van der Waals surface area (Å²) >= 11 is 1.54. The van der Waals surface area contributed by atoms with Gasteiger partial charge in [-0.3, -0.25) is 0 Å². The van der Waals surface area contributed by atoms with Crippen molar-refractivity contribution in [1.29, 1.82) is 0 Å². The van der Waals surface area contributed by atoms with Crippen LogP contribution in [-0.2, 0) is 9.78 Å². The van der Waals surface area contributed by atoms with Crippen molar-refractivity contribution in [3.05, 3.63) is 28.7 Å². The maximum atomic E-state index is 9.29. The molecule has 1 aliphatic heterocycles. The third-order valence-corrected chi connectivity index (χ3v) is 2.72. The lowest BCUT2D eigenvalue weighted by Crippen LogP contribution is -2.04. The fourth-order valence-electron chi connectivity index (χ4n) is 1.17. The van der Waals surface area contributed by atoms with Crippen molar-refractivity contribution in [3.63, 3.8) is 0 Å². The Balaban J connectivity index is 2.18. The number of hydrogen-bond acceptors (Lipinski definition) is 5. The minimum Gasteiger partial charge on any atom is -0.504 e. The predicted molar refractivity (Wildman–Crippen MR) is 57.2 cm³/mol. The third kappa shape index (κ3) is 2.65. The quantitative estimate of drug-likeness (QED) is 0.567. The zero-order valence-corrected chi connectivity index (χ0v) is 8.66. The highest BCUT2D eigenvalue weighted by molar-refractivity contribution is 8.03. The summed E-state index contributed by atoms with van der Waals surface area (Å²) in [6, 6.07) is 4.67. The molecule has 1 aromatic rings. The average Bonchev–Trinajstić information content (AvgIpc) is 2.25. The molecule has 0 unspecified atom stereocenters. The topological polar surface area (TPSA) is 58.9 Å². The minimum absolute atomic E-state index is 0.118. The monoisotopic (exact) mass is 226 g/mol. The number of phenols is 2. The molecule has 0 bridgehead atoms. The maximum absolute atomic E-state index is 9.29. The van der Waals surface area contributed by atoms with Crippen LogP contribution in [0.2, 0.25) is 0 Å². The Morgan fingerprint density at radius 1 is 1.20 bits per heavy atom. The van der Waals surface area contributed by atoms with E-state index in [1.807, 2.05) is 6.08 Å². The molecular formula is C10H10O4S. The molecule has 2 N–H and O–H groups in total. The van der Waals surface area contributed by atoms with Gasteiger partial charge in [0.05, 0.1) is 0 Å². The first kappa shape index (κ1) is 10.4. The molecule has 1 heterocycles. The van der Waals surface area contributed by atoms with Crippen LogP contribution in [0.25, 0.3) is 6.08 Å². The van der Waals surface area contributed by atoms with Crippen LogP contribution >= 0.6 is 11.8 Å². The first-order valence-corrected chi connectivity index (χ1v) is 5.34. The van der Waals surface area contributed by atoms with Crippen molar-refractivity contribution in [2.45, 2.75) is 0 Å². The van der Waals surface area contributed by atoms with Gasteiger partial charge >= 0.3 is 0 Å². The molecule has 0 aliphatic carbocycles. The Morgan fingerprint density at radius 2 is 2.07 bits per heavy atom. The van der Waals surface area contributed by atoms with Crippen molar-refractivity contribution < 1.29 is 20.0 Å². The molecule has 4 nitrogen and oxygen atoms in total. The van der Waals surface area contributed by atoms with Crippen LogP contribution in [0.1, 0.15) is 5.56 Å². The van der Waals surface area contributed by atoms with E-state index >= 15 is 0 Å². The Hall–Kier alpha value is -1.17. The highest BCUT2D eigenvalue weighted by atomic mass is 32.2. The third-order valence-electron chi connectivity index (χ3n) is 1.90. The zero-order chi connectivity index (χ0) is 10.7. The summed E-state index contributed by atoms with van der Waals surface area (Å²) in [5.41, 5.74) is 0.818. The second-order valence-electron chi connectivity index (χ2n) is 3.00. The van der Waals surface area contributed by atoms with Gasteiger partial charge in [0.25, 0.3) is 0 Å². The van der Waals surface area contributed by atoms with Gasteiger partial charge in [-0.25, -0.2) is 9.78 Å². The number of rotatable bonds is 1. The molecule has 1 saturated heterocycles. The SMILES string of the molecule is Oc1ccc(/C=C2/COOCS2)cc1O. The number of aromatic hydroxyl groups is 2. The van der Waals surface area contributed by atoms with Crippen LogP contribution in [-0.4, -0.2) is 22.8 Å². The number of benzene rings is 1. The first-order valence-electron chi connectivity index (χ1n) is 4.35. The summed E-state index contributed by atoms with van der Waals surface area (Å²) in [6.45, 7) is 0.409. The molecule has 0 aromatic heterocycles. The summed E-state index contributed by atoms with van der Waals surface area (Å²) in [6.07, 6.45) is 1.88. The van der Waals surface area contributed by atoms with E-state index in [2.05, 4.69) is 0 Å². The highest BCUT2D eigenvalue weighted by Gasteiger charge is 2.07. The molecule has 0 radical (unpaired) electrons. The van der Waals surface area contributed by atoms with E-state index in [1.165, 1.54) is 23.9 Å². The number of thioether (sulfide) groups is 1. The molecule has 0 amide bonds. The van der Waals surface area contributed by atoms with Crippen molar-refractivity contribution in [2.75, 3.05) is 12.5 Å². The van der Waals surface area contributed by atoms with Crippen LogP contribution in [0.15, 0.2) is 23.1 Å². The van der Waals surface area contributed by atoms with E-state index in [1.54, 1.807) is 6.07 Å². The van der Waals surface area contributed by atoms with Gasteiger partial charge in [0, 0.05) is 4.91 Å². The smallest absolute Gasteiger partial charge is 0.157 e. The van der Waals surface area contributed by atoms with E-state index < -0.39 is 0 Å². The van der Waals surface area contributed by atoms with Crippen molar-refractivity contribution in [3.8, 4) is 11.5 Å².